The SMILES string of the molecule is Cc1ccc2[nH]c(CN3CCCC(CO)(Cc4ccccc4)C3)c(C)c2c1. The van der Waals surface area contributed by atoms with Crippen LogP contribution in [0, 0.1) is 19.3 Å². The van der Waals surface area contributed by atoms with E-state index < -0.39 is 0 Å². The van der Waals surface area contributed by atoms with E-state index >= 15 is 0 Å². The topological polar surface area (TPSA) is 39.3 Å². The molecule has 0 saturated carbocycles. The smallest absolute Gasteiger partial charge is 0.0502 e. The number of likely N-dealkylation sites (tertiary alicyclic amines) is 1. The summed E-state index contributed by atoms with van der Waals surface area (Å²) in [6.45, 7) is 7.60. The minimum absolute atomic E-state index is 0.0316. The number of fused-ring (bicyclic) bond motifs is 1. The lowest BCUT2D eigenvalue weighted by molar-refractivity contribution is 0.0283. The van der Waals surface area contributed by atoms with Crippen LogP contribution in [0.2, 0.25) is 0 Å². The largest absolute Gasteiger partial charge is 0.396 e. The van der Waals surface area contributed by atoms with E-state index in [0.29, 0.717) is 0 Å². The van der Waals surface area contributed by atoms with Gasteiger partial charge >= 0.3 is 0 Å². The molecule has 3 aromatic rings. The van der Waals surface area contributed by atoms with E-state index in [1.165, 1.54) is 33.3 Å². The number of aryl methyl sites for hydroxylation is 2. The molecule has 4 rings (SSSR count). The first-order valence-corrected chi connectivity index (χ1v) is 10.0. The average molecular weight is 363 g/mol. The molecule has 2 heterocycles. The summed E-state index contributed by atoms with van der Waals surface area (Å²) in [4.78, 5) is 6.15. The number of aromatic amines is 1. The monoisotopic (exact) mass is 362 g/mol. The van der Waals surface area contributed by atoms with E-state index in [-0.39, 0.29) is 12.0 Å². The molecular weight excluding hydrogens is 332 g/mol. The van der Waals surface area contributed by atoms with Gasteiger partial charge in [0.25, 0.3) is 0 Å². The lowest BCUT2D eigenvalue weighted by Gasteiger charge is -2.42. The number of piperidine rings is 1. The van der Waals surface area contributed by atoms with E-state index in [0.717, 1.165) is 38.9 Å². The Morgan fingerprint density at radius 3 is 2.70 bits per heavy atom. The van der Waals surface area contributed by atoms with Crippen molar-refractivity contribution < 1.29 is 5.11 Å². The molecule has 3 nitrogen and oxygen atoms in total. The first-order chi connectivity index (χ1) is 13.1. The summed E-state index contributed by atoms with van der Waals surface area (Å²) in [5.41, 5.74) is 6.49. The minimum Gasteiger partial charge on any atom is -0.396 e. The third kappa shape index (κ3) is 3.80. The van der Waals surface area contributed by atoms with Gasteiger partial charge in [-0.3, -0.25) is 4.90 Å². The number of nitrogens with zero attached hydrogens (tertiary/aromatic N) is 1. The van der Waals surface area contributed by atoms with Crippen molar-refractivity contribution in [1.82, 2.24) is 9.88 Å². The number of aliphatic hydroxyl groups excluding tert-OH is 1. The zero-order chi connectivity index (χ0) is 18.9. The Hall–Kier alpha value is -2.10. The molecule has 142 valence electrons. The van der Waals surface area contributed by atoms with Crippen LogP contribution >= 0.6 is 0 Å². The lowest BCUT2D eigenvalue weighted by Crippen LogP contribution is -2.46. The number of hydrogen-bond acceptors (Lipinski definition) is 2. The minimum atomic E-state index is -0.0316. The summed E-state index contributed by atoms with van der Waals surface area (Å²) in [6, 6.07) is 17.2. The van der Waals surface area contributed by atoms with Crippen LogP contribution in [0.15, 0.2) is 48.5 Å². The molecule has 0 aliphatic carbocycles. The second kappa shape index (κ2) is 7.49. The number of nitrogens with one attached hydrogen (secondary N) is 1. The number of aromatic nitrogens is 1. The second-order valence-electron chi connectivity index (χ2n) is 8.41. The molecule has 0 amide bonds. The highest BCUT2D eigenvalue weighted by atomic mass is 16.3. The van der Waals surface area contributed by atoms with Crippen LogP contribution < -0.4 is 0 Å². The molecule has 2 aromatic carbocycles. The van der Waals surface area contributed by atoms with Gasteiger partial charge in [-0.15, -0.1) is 0 Å². The summed E-state index contributed by atoms with van der Waals surface area (Å²) in [6.07, 6.45) is 3.19. The van der Waals surface area contributed by atoms with Crippen molar-refractivity contribution in [2.24, 2.45) is 5.41 Å². The Bertz CT molecular complexity index is 915. The van der Waals surface area contributed by atoms with E-state index in [4.69, 9.17) is 0 Å². The maximum absolute atomic E-state index is 10.3. The van der Waals surface area contributed by atoms with Gasteiger partial charge in [-0.25, -0.2) is 0 Å². The molecule has 2 N–H and O–H groups in total. The maximum Gasteiger partial charge on any atom is 0.0502 e. The van der Waals surface area contributed by atoms with Crippen LogP contribution in [0.1, 0.15) is 35.2 Å². The van der Waals surface area contributed by atoms with Gasteiger partial charge in [0, 0.05) is 35.1 Å². The molecule has 0 spiro atoms. The van der Waals surface area contributed by atoms with Crippen LogP contribution in [0.25, 0.3) is 10.9 Å². The summed E-state index contributed by atoms with van der Waals surface area (Å²) >= 11 is 0. The Kier molecular flexibility index (Phi) is 5.07. The van der Waals surface area contributed by atoms with Gasteiger partial charge in [-0.1, -0.05) is 42.0 Å². The molecule has 1 fully saturated rings. The van der Waals surface area contributed by atoms with Crippen LogP contribution in [0.3, 0.4) is 0 Å². The first kappa shape index (κ1) is 18.3. The van der Waals surface area contributed by atoms with Gasteiger partial charge in [0.1, 0.15) is 0 Å². The second-order valence-corrected chi connectivity index (χ2v) is 8.41. The van der Waals surface area contributed by atoms with Crippen molar-refractivity contribution >= 4 is 10.9 Å². The molecule has 3 heteroatoms. The zero-order valence-electron chi connectivity index (χ0n) is 16.5. The molecule has 1 aromatic heterocycles. The third-order valence-corrected chi connectivity index (χ3v) is 6.20. The standard InChI is InChI=1S/C24H30N2O/c1-18-9-10-22-21(13-18)19(2)23(25-22)15-26-12-6-11-24(16-26,17-27)14-20-7-4-3-5-8-20/h3-5,7-10,13,25,27H,6,11-12,14-17H2,1-2H3. The van der Waals surface area contributed by atoms with Gasteiger partial charge in [-0.05, 0) is 62.9 Å². The Morgan fingerprint density at radius 1 is 1.11 bits per heavy atom. The number of rotatable bonds is 5. The van der Waals surface area contributed by atoms with Crippen molar-refractivity contribution in [3.63, 3.8) is 0 Å². The van der Waals surface area contributed by atoms with Crippen LogP contribution in [0.5, 0.6) is 0 Å². The molecule has 1 saturated heterocycles. The maximum atomic E-state index is 10.3. The van der Waals surface area contributed by atoms with Crippen molar-refractivity contribution in [2.75, 3.05) is 19.7 Å². The summed E-state index contributed by atoms with van der Waals surface area (Å²) in [5, 5.41) is 11.6. The highest BCUT2D eigenvalue weighted by Crippen LogP contribution is 2.34. The molecule has 0 bridgehead atoms. The summed E-state index contributed by atoms with van der Waals surface area (Å²) in [5.74, 6) is 0. The van der Waals surface area contributed by atoms with Crippen molar-refractivity contribution in [2.45, 2.75) is 39.7 Å². The van der Waals surface area contributed by atoms with Crippen LogP contribution in [0.4, 0.5) is 0 Å². The predicted molar refractivity (Wildman–Crippen MR) is 112 cm³/mol. The van der Waals surface area contributed by atoms with E-state index in [2.05, 4.69) is 72.3 Å². The Morgan fingerprint density at radius 2 is 1.93 bits per heavy atom. The molecule has 1 unspecified atom stereocenters. The fourth-order valence-corrected chi connectivity index (χ4v) is 4.68. The van der Waals surface area contributed by atoms with Crippen molar-refractivity contribution in [3.05, 3.63) is 70.9 Å². The van der Waals surface area contributed by atoms with E-state index in [9.17, 15) is 5.11 Å². The third-order valence-electron chi connectivity index (χ3n) is 6.20. The highest BCUT2D eigenvalue weighted by Gasteiger charge is 2.35. The number of aliphatic hydroxyl groups is 1. The van der Waals surface area contributed by atoms with Crippen LogP contribution in [-0.2, 0) is 13.0 Å². The fraction of sp³-hybridized carbons (Fsp3) is 0.417. The molecule has 1 aliphatic rings. The molecule has 27 heavy (non-hydrogen) atoms. The summed E-state index contributed by atoms with van der Waals surface area (Å²) < 4.78 is 0. The van der Waals surface area contributed by atoms with Gasteiger partial charge < -0.3 is 10.1 Å². The highest BCUT2D eigenvalue weighted by molar-refractivity contribution is 5.85. The molecule has 0 radical (unpaired) electrons. The predicted octanol–water partition coefficient (Wildman–Crippen LogP) is 4.60. The first-order valence-electron chi connectivity index (χ1n) is 10.0. The zero-order valence-corrected chi connectivity index (χ0v) is 16.5. The lowest BCUT2D eigenvalue weighted by atomic mass is 9.75. The van der Waals surface area contributed by atoms with Gasteiger partial charge in [0.05, 0.1) is 6.61 Å². The van der Waals surface area contributed by atoms with Gasteiger partial charge in [0.15, 0.2) is 0 Å². The van der Waals surface area contributed by atoms with Crippen LogP contribution in [-0.4, -0.2) is 34.7 Å². The molecule has 1 aliphatic heterocycles. The van der Waals surface area contributed by atoms with Gasteiger partial charge in [-0.2, -0.15) is 0 Å². The van der Waals surface area contributed by atoms with E-state index in [1.54, 1.807) is 0 Å². The Labute approximate surface area is 162 Å². The van der Waals surface area contributed by atoms with Gasteiger partial charge in [0.2, 0.25) is 0 Å². The van der Waals surface area contributed by atoms with Crippen molar-refractivity contribution in [1.29, 1.82) is 0 Å². The molecular formula is C24H30N2O. The number of H-pyrrole nitrogens is 1. The number of hydrogen-bond donors (Lipinski definition) is 2. The quantitative estimate of drug-likeness (QED) is 0.696. The number of benzene rings is 2. The van der Waals surface area contributed by atoms with Crippen molar-refractivity contribution in [3.8, 4) is 0 Å². The van der Waals surface area contributed by atoms with E-state index in [1.807, 2.05) is 0 Å². The molecule has 1 atom stereocenters. The Balaban J connectivity index is 1.53. The summed E-state index contributed by atoms with van der Waals surface area (Å²) in [7, 11) is 0. The fourth-order valence-electron chi connectivity index (χ4n) is 4.68. The average Bonchev–Trinajstić information content (AvgIpc) is 2.98. The normalized spacial score (nSPS) is 21.0.